The van der Waals surface area contributed by atoms with Crippen LogP contribution in [0.5, 0.6) is 0 Å². The third kappa shape index (κ3) is 4.96. The first-order chi connectivity index (χ1) is 9.95. The lowest BCUT2D eigenvalue weighted by Crippen LogP contribution is -2.13. The van der Waals surface area contributed by atoms with E-state index in [1.807, 2.05) is 11.4 Å². The first kappa shape index (κ1) is 15.7. The minimum Gasteiger partial charge on any atom is -0.326 e. The Bertz CT molecular complexity index is 692. The van der Waals surface area contributed by atoms with Crippen LogP contribution in [0.2, 0.25) is 0 Å². The normalized spacial score (nSPS) is 11.3. The standard InChI is InChI=1S/C14H16N2O3S2/c15-21(18,19)13-8-6-11(7-9-13)16-14(17)5-1-3-12-4-2-10-20-12/h2,4,6-10H,1,3,5H2,(H,16,17)(H2,15,18,19). The van der Waals surface area contributed by atoms with Crippen LogP contribution in [-0.2, 0) is 21.2 Å². The molecule has 2 aromatic rings. The summed E-state index contributed by atoms with van der Waals surface area (Å²) in [6.45, 7) is 0. The van der Waals surface area contributed by atoms with Gasteiger partial charge in [-0.05, 0) is 48.6 Å². The van der Waals surface area contributed by atoms with Crippen molar-refractivity contribution in [3.63, 3.8) is 0 Å². The molecule has 21 heavy (non-hydrogen) atoms. The van der Waals surface area contributed by atoms with E-state index >= 15 is 0 Å². The fraction of sp³-hybridized carbons (Fsp3) is 0.214. The molecule has 0 saturated heterocycles. The van der Waals surface area contributed by atoms with Gasteiger partial charge in [-0.15, -0.1) is 11.3 Å². The van der Waals surface area contributed by atoms with Crippen molar-refractivity contribution >= 4 is 33.0 Å². The van der Waals surface area contributed by atoms with Crippen molar-refractivity contribution in [2.75, 3.05) is 5.32 Å². The Balaban J connectivity index is 1.82. The fourth-order valence-corrected chi connectivity index (χ4v) is 3.10. The number of thiophene rings is 1. The van der Waals surface area contributed by atoms with Gasteiger partial charge in [-0.2, -0.15) is 0 Å². The number of carbonyl (C=O) groups is 1. The van der Waals surface area contributed by atoms with Crippen molar-refractivity contribution in [2.24, 2.45) is 5.14 Å². The molecule has 0 bridgehead atoms. The number of carbonyl (C=O) groups excluding carboxylic acids is 1. The fourth-order valence-electron chi connectivity index (χ4n) is 1.83. The lowest BCUT2D eigenvalue weighted by atomic mass is 10.2. The molecule has 1 amide bonds. The van der Waals surface area contributed by atoms with Gasteiger partial charge in [0, 0.05) is 17.0 Å². The minimum atomic E-state index is -3.70. The summed E-state index contributed by atoms with van der Waals surface area (Å²) in [5.41, 5.74) is 0.559. The highest BCUT2D eigenvalue weighted by Crippen LogP contribution is 2.14. The van der Waals surface area contributed by atoms with Crippen molar-refractivity contribution in [1.29, 1.82) is 0 Å². The summed E-state index contributed by atoms with van der Waals surface area (Å²) < 4.78 is 22.2. The molecule has 0 radical (unpaired) electrons. The van der Waals surface area contributed by atoms with Gasteiger partial charge in [-0.3, -0.25) is 4.79 Å². The summed E-state index contributed by atoms with van der Waals surface area (Å²) in [7, 11) is -3.70. The maximum absolute atomic E-state index is 11.8. The molecular formula is C14H16N2O3S2. The van der Waals surface area contributed by atoms with Crippen molar-refractivity contribution in [3.05, 3.63) is 46.7 Å². The van der Waals surface area contributed by atoms with Crippen LogP contribution in [0.4, 0.5) is 5.69 Å². The van der Waals surface area contributed by atoms with E-state index in [4.69, 9.17) is 5.14 Å². The average Bonchev–Trinajstić information content (AvgIpc) is 2.91. The number of rotatable bonds is 6. The number of hydrogen-bond donors (Lipinski definition) is 2. The van der Waals surface area contributed by atoms with Gasteiger partial charge in [0.05, 0.1) is 4.90 Å². The molecule has 0 spiro atoms. The molecule has 5 nitrogen and oxygen atoms in total. The SMILES string of the molecule is NS(=O)(=O)c1ccc(NC(=O)CCCc2cccs2)cc1. The van der Waals surface area contributed by atoms with E-state index in [-0.39, 0.29) is 10.8 Å². The molecule has 0 atom stereocenters. The number of nitrogens with two attached hydrogens (primary N) is 1. The molecule has 2 rings (SSSR count). The summed E-state index contributed by atoms with van der Waals surface area (Å²) in [6.07, 6.45) is 2.09. The molecule has 1 aromatic carbocycles. The van der Waals surface area contributed by atoms with E-state index in [1.165, 1.54) is 29.1 Å². The molecule has 0 aliphatic rings. The highest BCUT2D eigenvalue weighted by molar-refractivity contribution is 7.89. The molecule has 0 aliphatic heterocycles. The van der Waals surface area contributed by atoms with E-state index in [0.29, 0.717) is 12.1 Å². The van der Waals surface area contributed by atoms with Gasteiger partial charge in [0.1, 0.15) is 0 Å². The van der Waals surface area contributed by atoms with Crippen LogP contribution in [0.3, 0.4) is 0 Å². The number of anilines is 1. The monoisotopic (exact) mass is 324 g/mol. The summed E-state index contributed by atoms with van der Waals surface area (Å²) in [4.78, 5) is 13.1. The maximum atomic E-state index is 11.8. The van der Waals surface area contributed by atoms with E-state index in [1.54, 1.807) is 11.3 Å². The van der Waals surface area contributed by atoms with Gasteiger partial charge in [-0.1, -0.05) is 6.07 Å². The summed E-state index contributed by atoms with van der Waals surface area (Å²) >= 11 is 1.68. The predicted molar refractivity (Wildman–Crippen MR) is 83.7 cm³/mol. The smallest absolute Gasteiger partial charge is 0.238 e. The van der Waals surface area contributed by atoms with Crippen LogP contribution in [-0.4, -0.2) is 14.3 Å². The van der Waals surface area contributed by atoms with Crippen molar-refractivity contribution < 1.29 is 13.2 Å². The zero-order chi connectivity index (χ0) is 15.3. The first-order valence-electron chi connectivity index (χ1n) is 6.40. The van der Waals surface area contributed by atoms with Crippen LogP contribution in [0, 0.1) is 0 Å². The molecule has 0 fully saturated rings. The Morgan fingerprint density at radius 1 is 1.19 bits per heavy atom. The molecule has 7 heteroatoms. The van der Waals surface area contributed by atoms with E-state index in [2.05, 4.69) is 11.4 Å². The lowest BCUT2D eigenvalue weighted by Gasteiger charge is -2.05. The van der Waals surface area contributed by atoms with Crippen LogP contribution in [0.1, 0.15) is 17.7 Å². The number of benzene rings is 1. The van der Waals surface area contributed by atoms with Gasteiger partial charge < -0.3 is 5.32 Å². The Morgan fingerprint density at radius 3 is 2.48 bits per heavy atom. The molecule has 3 N–H and O–H groups in total. The maximum Gasteiger partial charge on any atom is 0.238 e. The zero-order valence-electron chi connectivity index (χ0n) is 11.3. The van der Waals surface area contributed by atoms with E-state index < -0.39 is 10.0 Å². The van der Waals surface area contributed by atoms with Crippen molar-refractivity contribution in [2.45, 2.75) is 24.2 Å². The molecule has 0 aliphatic carbocycles. The Kier molecular flexibility index (Phi) is 5.11. The quantitative estimate of drug-likeness (QED) is 0.855. The second kappa shape index (κ2) is 6.84. The van der Waals surface area contributed by atoms with Crippen LogP contribution in [0.25, 0.3) is 0 Å². The highest BCUT2D eigenvalue weighted by atomic mass is 32.2. The predicted octanol–water partition coefficient (Wildman–Crippen LogP) is 2.36. The summed E-state index contributed by atoms with van der Waals surface area (Å²) in [5, 5.41) is 9.75. The average molecular weight is 324 g/mol. The minimum absolute atomic E-state index is 0.0261. The number of aryl methyl sites for hydroxylation is 1. The molecule has 1 heterocycles. The number of primary sulfonamides is 1. The van der Waals surface area contributed by atoms with Gasteiger partial charge in [0.25, 0.3) is 0 Å². The second-order valence-corrected chi connectivity index (χ2v) is 7.14. The zero-order valence-corrected chi connectivity index (χ0v) is 12.9. The third-order valence-electron chi connectivity index (χ3n) is 2.87. The number of sulfonamides is 1. The van der Waals surface area contributed by atoms with Crippen molar-refractivity contribution in [1.82, 2.24) is 0 Å². The van der Waals surface area contributed by atoms with Crippen molar-refractivity contribution in [3.8, 4) is 0 Å². The number of nitrogens with one attached hydrogen (secondary N) is 1. The molecule has 0 unspecified atom stereocenters. The Hall–Kier alpha value is -1.70. The topological polar surface area (TPSA) is 89.3 Å². The highest BCUT2D eigenvalue weighted by Gasteiger charge is 2.08. The van der Waals surface area contributed by atoms with Crippen LogP contribution in [0.15, 0.2) is 46.7 Å². The molecule has 112 valence electrons. The van der Waals surface area contributed by atoms with Gasteiger partial charge >= 0.3 is 0 Å². The lowest BCUT2D eigenvalue weighted by molar-refractivity contribution is -0.116. The molecular weight excluding hydrogens is 308 g/mol. The molecule has 1 aromatic heterocycles. The van der Waals surface area contributed by atoms with Crippen LogP contribution < -0.4 is 10.5 Å². The second-order valence-electron chi connectivity index (χ2n) is 4.55. The van der Waals surface area contributed by atoms with Crippen LogP contribution >= 0.6 is 11.3 Å². The van der Waals surface area contributed by atoms with Gasteiger partial charge in [-0.25, -0.2) is 13.6 Å². The summed E-state index contributed by atoms with van der Waals surface area (Å²) in [5.74, 6) is -0.0880. The number of hydrogen-bond acceptors (Lipinski definition) is 4. The Labute approximate surface area is 127 Å². The first-order valence-corrected chi connectivity index (χ1v) is 8.83. The summed E-state index contributed by atoms with van der Waals surface area (Å²) in [6, 6.07) is 9.84. The number of amides is 1. The van der Waals surface area contributed by atoms with Gasteiger partial charge in [0.2, 0.25) is 15.9 Å². The van der Waals surface area contributed by atoms with Gasteiger partial charge in [0.15, 0.2) is 0 Å². The van der Waals surface area contributed by atoms with E-state index in [0.717, 1.165) is 12.8 Å². The Morgan fingerprint density at radius 2 is 1.90 bits per heavy atom. The largest absolute Gasteiger partial charge is 0.326 e. The van der Waals surface area contributed by atoms with E-state index in [9.17, 15) is 13.2 Å². The third-order valence-corrected chi connectivity index (χ3v) is 4.74. The molecule has 0 saturated carbocycles.